The molecule has 0 spiro atoms. The number of ether oxygens (including phenoxy) is 1. The van der Waals surface area contributed by atoms with Gasteiger partial charge in [-0.2, -0.15) is 8.42 Å². The molecule has 0 atom stereocenters. The van der Waals surface area contributed by atoms with Crippen LogP contribution in [-0.4, -0.2) is 29.3 Å². The molecule has 13 heteroatoms. The lowest BCUT2D eigenvalue weighted by Gasteiger charge is -2.14. The molecule has 10 nitrogen and oxygen atoms in total. The van der Waals surface area contributed by atoms with Crippen molar-refractivity contribution in [3.8, 4) is 11.5 Å². The quantitative estimate of drug-likeness (QED) is 0.111. The highest BCUT2D eigenvalue weighted by atomic mass is 127. The molecule has 0 amide bonds. The molecule has 0 aliphatic heterocycles. The van der Waals surface area contributed by atoms with Gasteiger partial charge in [-0.15, -0.1) is 0 Å². The number of benzene rings is 3. The molecular formula is C24H16IN3O7S2. The van der Waals surface area contributed by atoms with Gasteiger partial charge in [0.15, 0.2) is 16.5 Å². The number of imidazole rings is 1. The van der Waals surface area contributed by atoms with Gasteiger partial charge in [0.25, 0.3) is 11.2 Å². The number of non-ortho nitro benzene ring substituents is 1. The Bertz CT molecular complexity index is 1900. The fourth-order valence-corrected chi connectivity index (χ4v) is 6.50. The number of aromatic nitrogens is 2. The Hall–Kier alpha value is -3.56. The maximum Gasteiger partial charge on any atom is 0.339 e. The van der Waals surface area contributed by atoms with E-state index in [1.165, 1.54) is 11.3 Å². The largest absolute Gasteiger partial charge is 0.490 e. The Kier molecular flexibility index (Phi) is 6.59. The van der Waals surface area contributed by atoms with Crippen molar-refractivity contribution in [1.29, 1.82) is 0 Å². The zero-order valence-corrected chi connectivity index (χ0v) is 22.7. The van der Waals surface area contributed by atoms with E-state index in [9.17, 15) is 23.3 Å². The summed E-state index contributed by atoms with van der Waals surface area (Å²) in [6.07, 6.45) is 1.69. The average Bonchev–Trinajstić information content (AvgIpc) is 3.37. The smallest absolute Gasteiger partial charge is 0.339 e. The van der Waals surface area contributed by atoms with Crippen molar-refractivity contribution >= 4 is 71.8 Å². The van der Waals surface area contributed by atoms with Crippen molar-refractivity contribution in [3.63, 3.8) is 0 Å². The molecule has 3 aromatic carbocycles. The summed E-state index contributed by atoms with van der Waals surface area (Å²) >= 11 is 3.18. The topological polar surface area (TPSA) is 130 Å². The van der Waals surface area contributed by atoms with Gasteiger partial charge in [0, 0.05) is 12.1 Å². The predicted octanol–water partition coefficient (Wildman–Crippen LogP) is 4.14. The molecule has 5 rings (SSSR count). The van der Waals surface area contributed by atoms with Crippen LogP contribution in [-0.2, 0) is 10.1 Å². The van der Waals surface area contributed by atoms with Gasteiger partial charge in [0.1, 0.15) is 4.90 Å². The highest BCUT2D eigenvalue weighted by Gasteiger charge is 2.23. The molecular weight excluding hydrogens is 633 g/mol. The highest BCUT2D eigenvalue weighted by molar-refractivity contribution is 14.1. The average molecular weight is 649 g/mol. The number of halogens is 1. The first-order valence-corrected chi connectivity index (χ1v) is 14.1. The minimum Gasteiger partial charge on any atom is -0.490 e. The number of fused-ring (bicyclic) bond motifs is 3. The van der Waals surface area contributed by atoms with Gasteiger partial charge in [-0.3, -0.25) is 14.9 Å². The predicted molar refractivity (Wildman–Crippen MR) is 147 cm³/mol. The van der Waals surface area contributed by atoms with Crippen LogP contribution in [0.3, 0.4) is 0 Å². The summed E-state index contributed by atoms with van der Waals surface area (Å²) in [6.45, 7) is 1.98. The first-order chi connectivity index (χ1) is 17.7. The van der Waals surface area contributed by atoms with Crippen LogP contribution in [0.1, 0.15) is 12.5 Å². The molecule has 0 aliphatic rings. The van der Waals surface area contributed by atoms with Crippen LogP contribution in [0.25, 0.3) is 22.1 Å². The van der Waals surface area contributed by atoms with Gasteiger partial charge in [0.2, 0.25) is 0 Å². The number of nitrogens with zero attached hydrogens (tertiary/aromatic N) is 3. The highest BCUT2D eigenvalue weighted by Crippen LogP contribution is 2.36. The lowest BCUT2D eigenvalue weighted by atomic mass is 10.2. The van der Waals surface area contributed by atoms with Crippen LogP contribution < -0.4 is 19.0 Å². The number of hydrogen-bond acceptors (Lipinski definition) is 9. The van der Waals surface area contributed by atoms with Crippen molar-refractivity contribution in [2.45, 2.75) is 11.8 Å². The van der Waals surface area contributed by atoms with E-state index in [-0.39, 0.29) is 34.2 Å². The molecule has 37 heavy (non-hydrogen) atoms. The Morgan fingerprint density at radius 3 is 2.59 bits per heavy atom. The van der Waals surface area contributed by atoms with E-state index in [1.54, 1.807) is 29.5 Å². The van der Waals surface area contributed by atoms with E-state index in [1.807, 2.05) is 46.9 Å². The first kappa shape index (κ1) is 25.1. The number of rotatable bonds is 7. The van der Waals surface area contributed by atoms with Gasteiger partial charge in [0.05, 0.1) is 30.7 Å². The number of para-hydroxylation sites is 2. The third kappa shape index (κ3) is 4.76. The van der Waals surface area contributed by atoms with Crippen molar-refractivity contribution in [3.05, 3.63) is 94.8 Å². The van der Waals surface area contributed by atoms with Crippen LogP contribution in [0.4, 0.5) is 5.69 Å². The van der Waals surface area contributed by atoms with Crippen molar-refractivity contribution < 1.29 is 22.3 Å². The summed E-state index contributed by atoms with van der Waals surface area (Å²) in [6, 6.07) is 15.0. The molecule has 0 saturated heterocycles. The second-order valence-corrected chi connectivity index (χ2v) is 11.4. The second-order valence-electron chi connectivity index (χ2n) is 7.69. The standard InChI is InChI=1S/C24H16IN3O7S2/c1-2-34-20-12-14(13-21-23(29)27-19-6-4-3-5-18(19)26-24(27)36-21)11-17(25)22(20)35-37(32,33)16-9-7-15(8-10-16)28(30)31/h3-13H,2H2,1H3/b21-13-. The third-order valence-corrected chi connectivity index (χ3v) is 8.31. The second kappa shape index (κ2) is 9.72. The first-order valence-electron chi connectivity index (χ1n) is 10.7. The summed E-state index contributed by atoms with van der Waals surface area (Å²) in [5.41, 5.74) is 1.63. The van der Waals surface area contributed by atoms with Gasteiger partial charge >= 0.3 is 10.1 Å². The molecule has 5 aromatic rings. The zero-order valence-electron chi connectivity index (χ0n) is 19.0. The maximum atomic E-state index is 13.1. The van der Waals surface area contributed by atoms with Crippen molar-refractivity contribution in [1.82, 2.24) is 9.38 Å². The molecule has 0 aliphatic carbocycles. The van der Waals surface area contributed by atoms with Crippen LogP contribution in [0, 0.1) is 13.7 Å². The molecule has 188 valence electrons. The minimum absolute atomic E-state index is 0.0210. The molecule has 2 heterocycles. The molecule has 0 N–H and O–H groups in total. The fraction of sp³-hybridized carbons (Fsp3) is 0.0833. The SMILES string of the molecule is CCOc1cc(/C=c2\sc3nc4ccccc4n3c2=O)cc(I)c1OS(=O)(=O)c1ccc([N+](=O)[O-])cc1. The molecule has 2 aromatic heterocycles. The number of nitro groups is 1. The summed E-state index contributed by atoms with van der Waals surface area (Å²) in [7, 11) is -4.31. The molecule has 0 radical (unpaired) electrons. The van der Waals surface area contributed by atoms with E-state index < -0.39 is 15.0 Å². The summed E-state index contributed by atoms with van der Waals surface area (Å²) < 4.78 is 39.3. The molecule has 0 fully saturated rings. The number of thiazole rings is 1. The lowest BCUT2D eigenvalue weighted by Crippen LogP contribution is -2.22. The van der Waals surface area contributed by atoms with Gasteiger partial charge in [-0.1, -0.05) is 23.5 Å². The summed E-state index contributed by atoms with van der Waals surface area (Å²) in [5.74, 6) is 0.151. The van der Waals surface area contributed by atoms with Crippen molar-refractivity contribution in [2.24, 2.45) is 0 Å². The number of hydrogen-bond donors (Lipinski definition) is 0. The summed E-state index contributed by atoms with van der Waals surface area (Å²) in [4.78, 5) is 28.2. The normalized spacial score (nSPS) is 12.3. The van der Waals surface area contributed by atoms with Crippen LogP contribution >= 0.6 is 33.9 Å². The Labute approximate surface area is 227 Å². The number of nitro benzene ring substituents is 1. The van der Waals surface area contributed by atoms with Crippen LogP contribution in [0.2, 0.25) is 0 Å². The maximum absolute atomic E-state index is 13.1. The monoisotopic (exact) mass is 649 g/mol. The van der Waals surface area contributed by atoms with Crippen LogP contribution in [0.5, 0.6) is 11.5 Å². The lowest BCUT2D eigenvalue weighted by molar-refractivity contribution is -0.384. The Balaban J connectivity index is 1.55. The van der Waals surface area contributed by atoms with E-state index in [0.717, 1.165) is 35.3 Å². The minimum atomic E-state index is -4.31. The van der Waals surface area contributed by atoms with E-state index in [4.69, 9.17) is 8.92 Å². The fourth-order valence-electron chi connectivity index (χ4n) is 3.67. The zero-order chi connectivity index (χ0) is 26.3. The third-order valence-electron chi connectivity index (χ3n) is 5.30. The molecule has 0 unspecified atom stereocenters. The van der Waals surface area contributed by atoms with E-state index in [0.29, 0.717) is 18.6 Å². The van der Waals surface area contributed by atoms with Gasteiger partial charge in [-0.25, -0.2) is 9.38 Å². The Morgan fingerprint density at radius 2 is 1.89 bits per heavy atom. The van der Waals surface area contributed by atoms with Crippen LogP contribution in [0.15, 0.2) is 70.4 Å². The molecule has 0 saturated carbocycles. The van der Waals surface area contributed by atoms with Gasteiger partial charge < -0.3 is 8.92 Å². The molecule has 0 bridgehead atoms. The van der Waals surface area contributed by atoms with E-state index in [2.05, 4.69) is 4.98 Å². The Morgan fingerprint density at radius 1 is 1.16 bits per heavy atom. The van der Waals surface area contributed by atoms with Gasteiger partial charge in [-0.05, 0) is 77.6 Å². The van der Waals surface area contributed by atoms with Crippen molar-refractivity contribution in [2.75, 3.05) is 6.61 Å². The van der Waals surface area contributed by atoms with E-state index >= 15 is 0 Å². The summed E-state index contributed by atoms with van der Waals surface area (Å²) in [5, 5.41) is 10.9.